The van der Waals surface area contributed by atoms with Gasteiger partial charge < -0.3 is 51.2 Å². The molecule has 0 aromatic heterocycles. The van der Waals surface area contributed by atoms with E-state index < -0.39 is 50.1 Å². The van der Waals surface area contributed by atoms with Crippen molar-refractivity contribution in [3.8, 4) is 0 Å². The molecule has 0 heterocycles. The molecule has 0 unspecified atom stereocenters. The van der Waals surface area contributed by atoms with Gasteiger partial charge in [-0.2, -0.15) is 0 Å². The standard InChI is InChI=1S/C11H18N2O8.Fe.H3N.H2O/c14-8(15)4-12(5-9(16)17)2-1-3-13(6-10(18)19)7-11(20)21;;;/h1-7H2,(H,14,15)(H,16,17)(H,18,19)(H,20,21);;1H3;1H2/q;+3;;/p-3. The number of nitrogens with zero attached hydrogens (tertiary/aromatic N) is 2. The van der Waals surface area contributed by atoms with Crippen molar-refractivity contribution in [2.75, 3.05) is 39.3 Å². The molecule has 0 aromatic carbocycles. The average Bonchev–Trinajstić information content (AvgIpc) is 2.24. The molecule has 0 spiro atoms. The molecule has 24 heavy (non-hydrogen) atoms. The number of aliphatic carboxylic acids is 4. The molecular formula is C11H20FeN3O9. The molecule has 0 saturated carbocycles. The molecule has 0 fully saturated rings. The van der Waals surface area contributed by atoms with Crippen molar-refractivity contribution in [3.05, 3.63) is 0 Å². The zero-order valence-corrected chi connectivity index (χ0v) is 14.1. The zero-order valence-electron chi connectivity index (χ0n) is 13.0. The number of quaternary nitrogens is 1. The van der Waals surface area contributed by atoms with Crippen molar-refractivity contribution in [2.24, 2.45) is 0 Å². The van der Waals surface area contributed by atoms with E-state index in [0.717, 1.165) is 9.80 Å². The molecule has 141 valence electrons. The first kappa shape index (κ1) is 30.2. The summed E-state index contributed by atoms with van der Waals surface area (Å²) in [6.07, 6.45) is 0.140. The van der Waals surface area contributed by atoms with Gasteiger partial charge in [-0.1, -0.05) is 0 Å². The topological polar surface area (TPSA) is 235 Å². The minimum absolute atomic E-state index is 0. The molecule has 12 nitrogen and oxygen atoms in total. The van der Waals surface area contributed by atoms with E-state index in [0.29, 0.717) is 0 Å². The smallest absolute Gasteiger partial charge is 0.549 e. The fourth-order valence-corrected chi connectivity index (χ4v) is 1.68. The summed E-state index contributed by atoms with van der Waals surface area (Å²) in [5.41, 5.74) is 0. The second-order valence-corrected chi connectivity index (χ2v) is 4.26. The van der Waals surface area contributed by atoms with E-state index in [-0.39, 0.29) is 48.2 Å². The van der Waals surface area contributed by atoms with Crippen molar-refractivity contribution in [3.63, 3.8) is 0 Å². The van der Waals surface area contributed by atoms with Gasteiger partial charge >= 0.3 is 17.1 Å². The van der Waals surface area contributed by atoms with Crippen LogP contribution in [0.2, 0.25) is 0 Å². The number of carboxylic acids is 4. The van der Waals surface area contributed by atoms with Gasteiger partial charge in [0.1, 0.15) is 0 Å². The van der Waals surface area contributed by atoms with Gasteiger partial charge in [0, 0.05) is 39.3 Å². The summed E-state index contributed by atoms with van der Waals surface area (Å²) in [6.45, 7) is -2.55. The van der Waals surface area contributed by atoms with Gasteiger partial charge in [-0.3, -0.25) is 9.80 Å². The van der Waals surface area contributed by atoms with Crippen LogP contribution >= 0.6 is 0 Å². The van der Waals surface area contributed by atoms with Gasteiger partial charge in [0.25, 0.3) is 0 Å². The molecule has 0 aromatic rings. The third-order valence-corrected chi connectivity index (χ3v) is 2.36. The number of rotatable bonds is 12. The first-order valence-electron chi connectivity index (χ1n) is 5.94. The Bertz CT molecular complexity index is 340. The van der Waals surface area contributed by atoms with E-state index in [2.05, 4.69) is 0 Å². The molecule has 1 radical (unpaired) electrons. The minimum atomic E-state index is -1.47. The SMILES string of the molecule is O.O=C([O-])CN(CCCN(CC(=O)[O-])CC(=O)[O-])CC(=O)[O-].[Fe+3].[NH4+]. The maximum Gasteiger partial charge on any atom is 3.00 e. The average molecular weight is 394 g/mol. The quantitative estimate of drug-likeness (QED) is 0.307. The molecule has 13 heteroatoms. The molecule has 0 aliphatic heterocycles. The van der Waals surface area contributed by atoms with E-state index in [9.17, 15) is 39.6 Å². The monoisotopic (exact) mass is 394 g/mol. The van der Waals surface area contributed by atoms with Crippen LogP contribution < -0.4 is 26.6 Å². The van der Waals surface area contributed by atoms with Crippen LogP contribution in [0.3, 0.4) is 0 Å². The van der Waals surface area contributed by atoms with E-state index >= 15 is 0 Å². The van der Waals surface area contributed by atoms with Crippen LogP contribution in [0.15, 0.2) is 0 Å². The number of carbonyl (C=O) groups is 4. The molecule has 0 atom stereocenters. The van der Waals surface area contributed by atoms with E-state index in [4.69, 9.17) is 0 Å². The van der Waals surface area contributed by atoms with Crippen LogP contribution in [0.4, 0.5) is 0 Å². The summed E-state index contributed by atoms with van der Waals surface area (Å²) in [4.78, 5) is 43.8. The fraction of sp³-hybridized carbons (Fsp3) is 0.636. The van der Waals surface area contributed by atoms with Gasteiger partial charge in [0.15, 0.2) is 0 Å². The Balaban J connectivity index is -0.000000667. The Morgan fingerprint density at radius 3 is 1.00 bits per heavy atom. The first-order chi connectivity index (χ1) is 9.70. The van der Waals surface area contributed by atoms with Crippen molar-refractivity contribution in [2.45, 2.75) is 6.42 Å². The third kappa shape index (κ3) is 18.3. The van der Waals surface area contributed by atoms with Crippen LogP contribution in [-0.2, 0) is 36.2 Å². The maximum absolute atomic E-state index is 10.4. The van der Waals surface area contributed by atoms with Gasteiger partial charge in [-0.25, -0.2) is 0 Å². The van der Waals surface area contributed by atoms with Crippen LogP contribution in [0.1, 0.15) is 6.42 Å². The third-order valence-electron chi connectivity index (χ3n) is 2.36. The molecule has 0 rings (SSSR count). The first-order valence-corrected chi connectivity index (χ1v) is 5.94. The Morgan fingerprint density at radius 2 is 0.833 bits per heavy atom. The number of hydrogen-bond acceptors (Lipinski definition) is 10. The molecule has 0 bridgehead atoms. The molecule has 0 saturated heterocycles. The van der Waals surface area contributed by atoms with Gasteiger partial charge in [-0.15, -0.1) is 0 Å². The fourth-order valence-electron chi connectivity index (χ4n) is 1.68. The molecule has 0 amide bonds. The van der Waals surface area contributed by atoms with Crippen LogP contribution in [0.5, 0.6) is 0 Å². The summed E-state index contributed by atoms with van der Waals surface area (Å²) >= 11 is 0. The zero-order chi connectivity index (χ0) is 16.4. The number of carbonyl (C=O) groups excluding carboxylic acids is 4. The van der Waals surface area contributed by atoms with Crippen LogP contribution in [0.25, 0.3) is 0 Å². The largest absolute Gasteiger partial charge is 3.00 e. The summed E-state index contributed by atoms with van der Waals surface area (Å²) in [6, 6.07) is 0. The van der Waals surface area contributed by atoms with Crippen LogP contribution in [0, 0.1) is 0 Å². The summed E-state index contributed by atoms with van der Waals surface area (Å²) in [5.74, 6) is -5.90. The predicted molar refractivity (Wildman–Crippen MR) is 67.1 cm³/mol. The Hall–Kier alpha value is -1.76. The maximum atomic E-state index is 10.4. The second kappa shape index (κ2) is 16.1. The molecule has 6 N–H and O–H groups in total. The van der Waals surface area contributed by atoms with Gasteiger partial charge in [0.2, 0.25) is 0 Å². The normalized spacial score (nSPS) is 9.42. The van der Waals surface area contributed by atoms with Crippen molar-refractivity contribution in [1.29, 1.82) is 0 Å². The van der Waals surface area contributed by atoms with Crippen molar-refractivity contribution < 1.29 is 62.1 Å². The molecular weight excluding hydrogens is 374 g/mol. The Labute approximate surface area is 148 Å². The molecule has 0 aliphatic rings. The predicted octanol–water partition coefficient (Wildman–Crippen LogP) is -7.47. The summed E-state index contributed by atoms with van der Waals surface area (Å²) in [7, 11) is 0. The summed E-state index contributed by atoms with van der Waals surface area (Å²) < 4.78 is 0. The second-order valence-electron chi connectivity index (χ2n) is 4.26. The van der Waals surface area contributed by atoms with Gasteiger partial charge in [0.05, 0.1) is 23.9 Å². The summed E-state index contributed by atoms with van der Waals surface area (Å²) in [5, 5.41) is 41.7. The number of hydrogen-bond donors (Lipinski definition) is 1. The minimum Gasteiger partial charge on any atom is -0.549 e. The van der Waals surface area contributed by atoms with E-state index in [1.807, 2.05) is 0 Å². The van der Waals surface area contributed by atoms with Crippen molar-refractivity contribution in [1.82, 2.24) is 16.0 Å². The van der Waals surface area contributed by atoms with E-state index in [1.165, 1.54) is 0 Å². The Kier molecular flexibility index (Phi) is 20.2. The van der Waals surface area contributed by atoms with E-state index in [1.54, 1.807) is 0 Å². The Morgan fingerprint density at radius 1 is 0.625 bits per heavy atom. The molecule has 0 aliphatic carbocycles. The van der Waals surface area contributed by atoms with Crippen molar-refractivity contribution >= 4 is 23.9 Å². The number of carboxylic acid groups (broad SMARTS) is 4. The van der Waals surface area contributed by atoms with Gasteiger partial charge in [-0.05, 0) is 6.42 Å². The van der Waals surface area contributed by atoms with Crippen LogP contribution in [-0.4, -0.2) is 78.4 Å².